The van der Waals surface area contributed by atoms with Gasteiger partial charge in [-0.3, -0.25) is 4.79 Å². The van der Waals surface area contributed by atoms with Gasteiger partial charge in [0.05, 0.1) is 0 Å². The van der Waals surface area contributed by atoms with Crippen molar-refractivity contribution in [3.8, 4) is 0 Å². The molecule has 0 atom stereocenters. The van der Waals surface area contributed by atoms with E-state index in [1.807, 2.05) is 0 Å². The van der Waals surface area contributed by atoms with E-state index in [1.54, 1.807) is 0 Å². The van der Waals surface area contributed by atoms with Gasteiger partial charge in [-0.2, -0.15) is 0 Å². The quantitative estimate of drug-likeness (QED) is 0.560. The lowest BCUT2D eigenvalue weighted by Gasteiger charge is -2.39. The van der Waals surface area contributed by atoms with Crippen molar-refractivity contribution in [1.82, 2.24) is 0 Å². The van der Waals surface area contributed by atoms with E-state index in [9.17, 15) is 4.79 Å². The van der Waals surface area contributed by atoms with Gasteiger partial charge in [-0.05, 0) is 19.3 Å². The summed E-state index contributed by atoms with van der Waals surface area (Å²) < 4.78 is 0. The molecule has 0 aromatic heterocycles. The summed E-state index contributed by atoms with van der Waals surface area (Å²) in [5.41, 5.74) is 5.65. The molecule has 0 amide bonds. The van der Waals surface area contributed by atoms with Crippen LogP contribution in [0, 0.1) is 5.41 Å². The predicted octanol–water partition coefficient (Wildman–Crippen LogP) is 4.22. The molecule has 0 aromatic rings. The maximum Gasteiger partial charge on any atom is 0.140 e. The molecule has 0 saturated heterocycles. The third kappa shape index (κ3) is 4.72. The van der Waals surface area contributed by atoms with E-state index in [0.717, 1.165) is 25.7 Å². The number of unbranched alkanes of at least 4 members (excludes halogenated alkanes) is 7. The molecule has 1 saturated carbocycles. The van der Waals surface area contributed by atoms with Crippen LogP contribution in [0.3, 0.4) is 0 Å². The third-order valence-corrected chi connectivity index (χ3v) is 4.55. The van der Waals surface area contributed by atoms with Crippen molar-refractivity contribution in [3.63, 3.8) is 0 Å². The van der Waals surface area contributed by atoms with Crippen molar-refractivity contribution < 1.29 is 4.79 Å². The molecule has 0 heterocycles. The summed E-state index contributed by atoms with van der Waals surface area (Å²) in [6, 6.07) is 0. The first kappa shape index (κ1) is 15.7. The zero-order valence-electron chi connectivity index (χ0n) is 12.2. The number of hydrogen-bond acceptors (Lipinski definition) is 2. The van der Waals surface area contributed by atoms with Crippen molar-refractivity contribution in [2.45, 2.75) is 84.0 Å². The molecule has 0 radical (unpaired) electrons. The minimum Gasteiger partial charge on any atom is -0.329 e. The fraction of sp³-hybridized carbons (Fsp3) is 0.938. The largest absolute Gasteiger partial charge is 0.329 e. The van der Waals surface area contributed by atoms with Crippen molar-refractivity contribution in [2.75, 3.05) is 6.54 Å². The highest BCUT2D eigenvalue weighted by molar-refractivity contribution is 5.85. The molecule has 1 rings (SSSR count). The van der Waals surface area contributed by atoms with Crippen LogP contribution >= 0.6 is 0 Å². The lowest BCUT2D eigenvalue weighted by atomic mass is 9.65. The van der Waals surface area contributed by atoms with Crippen LogP contribution in [0.15, 0.2) is 0 Å². The van der Waals surface area contributed by atoms with Crippen LogP contribution in [0.5, 0.6) is 0 Å². The summed E-state index contributed by atoms with van der Waals surface area (Å²) in [4.78, 5) is 12.1. The monoisotopic (exact) mass is 253 g/mol. The Balaban J connectivity index is 1.96. The van der Waals surface area contributed by atoms with E-state index < -0.39 is 0 Å². The number of carbonyl (C=O) groups is 1. The Morgan fingerprint density at radius 2 is 1.56 bits per heavy atom. The standard InChI is InChI=1S/C16H31NO/c1-2-3-4-5-6-7-8-9-11-15(18)16(14-17)12-10-13-16/h2-14,17H2,1H3. The average molecular weight is 253 g/mol. The fourth-order valence-electron chi connectivity index (χ4n) is 2.88. The Kier molecular flexibility index (Phi) is 7.57. The average Bonchev–Trinajstić information content (AvgIpc) is 2.32. The SMILES string of the molecule is CCCCCCCCCCC(=O)C1(CN)CCC1. The van der Waals surface area contributed by atoms with Crippen LogP contribution in [-0.4, -0.2) is 12.3 Å². The van der Waals surface area contributed by atoms with Gasteiger partial charge in [0.1, 0.15) is 5.78 Å². The van der Waals surface area contributed by atoms with E-state index >= 15 is 0 Å². The third-order valence-electron chi connectivity index (χ3n) is 4.55. The maximum atomic E-state index is 12.1. The summed E-state index contributed by atoms with van der Waals surface area (Å²) in [5, 5.41) is 0. The van der Waals surface area contributed by atoms with Crippen LogP contribution in [0.4, 0.5) is 0 Å². The van der Waals surface area contributed by atoms with Crippen LogP contribution in [-0.2, 0) is 4.79 Å². The first-order chi connectivity index (χ1) is 8.75. The zero-order chi connectivity index (χ0) is 13.3. The second-order valence-corrected chi connectivity index (χ2v) is 5.99. The summed E-state index contributed by atoms with van der Waals surface area (Å²) in [5.74, 6) is 0.447. The van der Waals surface area contributed by atoms with E-state index in [1.165, 1.54) is 51.4 Å². The van der Waals surface area contributed by atoms with E-state index in [2.05, 4.69) is 6.92 Å². The molecule has 1 aliphatic rings. The van der Waals surface area contributed by atoms with Gasteiger partial charge in [0, 0.05) is 18.4 Å². The molecule has 18 heavy (non-hydrogen) atoms. The molecule has 106 valence electrons. The van der Waals surface area contributed by atoms with Gasteiger partial charge in [0.15, 0.2) is 0 Å². The van der Waals surface area contributed by atoms with Crippen LogP contribution in [0.1, 0.15) is 84.0 Å². The molecule has 1 fully saturated rings. The van der Waals surface area contributed by atoms with Gasteiger partial charge in [-0.1, -0.05) is 58.3 Å². The van der Waals surface area contributed by atoms with Gasteiger partial charge in [0.2, 0.25) is 0 Å². The predicted molar refractivity (Wildman–Crippen MR) is 77.6 cm³/mol. The number of hydrogen-bond donors (Lipinski definition) is 1. The number of Topliss-reactive ketones (excluding diaryl/α,β-unsaturated/α-hetero) is 1. The first-order valence-electron chi connectivity index (χ1n) is 7.98. The van der Waals surface area contributed by atoms with Crippen molar-refractivity contribution >= 4 is 5.78 Å². The second-order valence-electron chi connectivity index (χ2n) is 5.99. The first-order valence-corrected chi connectivity index (χ1v) is 7.98. The molecule has 0 unspecified atom stereocenters. The minimum absolute atomic E-state index is 0.0961. The molecule has 1 aliphatic carbocycles. The number of nitrogens with two attached hydrogens (primary N) is 1. The molecular formula is C16H31NO. The smallest absolute Gasteiger partial charge is 0.140 e. The van der Waals surface area contributed by atoms with Crippen molar-refractivity contribution in [3.05, 3.63) is 0 Å². The van der Waals surface area contributed by atoms with E-state index in [-0.39, 0.29) is 5.41 Å². The van der Waals surface area contributed by atoms with Gasteiger partial charge in [-0.25, -0.2) is 0 Å². The summed E-state index contributed by atoms with van der Waals surface area (Å²) in [6.07, 6.45) is 14.4. The van der Waals surface area contributed by atoms with E-state index in [4.69, 9.17) is 5.73 Å². The summed E-state index contributed by atoms with van der Waals surface area (Å²) >= 11 is 0. The minimum atomic E-state index is -0.0961. The van der Waals surface area contributed by atoms with Gasteiger partial charge in [-0.15, -0.1) is 0 Å². The normalized spacial score (nSPS) is 17.4. The maximum absolute atomic E-state index is 12.1. The molecule has 2 N–H and O–H groups in total. The number of rotatable bonds is 11. The molecule has 2 heteroatoms. The van der Waals surface area contributed by atoms with Gasteiger partial charge < -0.3 is 5.73 Å². The molecule has 0 aliphatic heterocycles. The molecule has 0 aromatic carbocycles. The van der Waals surface area contributed by atoms with Crippen LogP contribution in [0.25, 0.3) is 0 Å². The Bertz CT molecular complexity index is 228. The summed E-state index contributed by atoms with van der Waals surface area (Å²) in [6.45, 7) is 2.82. The van der Waals surface area contributed by atoms with Gasteiger partial charge in [0.25, 0.3) is 0 Å². The van der Waals surface area contributed by atoms with E-state index in [0.29, 0.717) is 12.3 Å². The van der Waals surface area contributed by atoms with Crippen molar-refractivity contribution in [2.24, 2.45) is 11.1 Å². The van der Waals surface area contributed by atoms with Crippen LogP contribution in [0.2, 0.25) is 0 Å². The highest BCUT2D eigenvalue weighted by Crippen LogP contribution is 2.41. The van der Waals surface area contributed by atoms with Crippen LogP contribution < -0.4 is 5.73 Å². The molecule has 2 nitrogen and oxygen atoms in total. The summed E-state index contributed by atoms with van der Waals surface area (Å²) in [7, 11) is 0. The van der Waals surface area contributed by atoms with Gasteiger partial charge >= 0.3 is 0 Å². The number of ketones is 1. The fourth-order valence-corrected chi connectivity index (χ4v) is 2.88. The topological polar surface area (TPSA) is 43.1 Å². The molecule has 0 bridgehead atoms. The highest BCUT2D eigenvalue weighted by atomic mass is 16.1. The highest BCUT2D eigenvalue weighted by Gasteiger charge is 2.41. The second kappa shape index (κ2) is 8.68. The molecule has 0 spiro atoms. The zero-order valence-corrected chi connectivity index (χ0v) is 12.2. The molecular weight excluding hydrogens is 222 g/mol. The Hall–Kier alpha value is -0.370. The Labute approximate surface area is 113 Å². The Morgan fingerprint density at radius 1 is 1.00 bits per heavy atom. The lowest BCUT2D eigenvalue weighted by molar-refractivity contribution is -0.132. The Morgan fingerprint density at radius 3 is 2.00 bits per heavy atom. The van der Waals surface area contributed by atoms with Crippen molar-refractivity contribution in [1.29, 1.82) is 0 Å². The lowest BCUT2D eigenvalue weighted by Crippen LogP contribution is -2.44. The number of carbonyl (C=O) groups excluding carboxylic acids is 1.